The molecule has 0 heterocycles. The molecule has 0 aliphatic rings. The molecule has 12 heavy (non-hydrogen) atoms. The fraction of sp³-hybridized carbons (Fsp3) is 0.875. The molecule has 0 aliphatic heterocycles. The SMILES string of the molecule is CCCCOC(=O)[C@@H](Br)[C@@H](C)O. The molecule has 2 atom stereocenters. The van der Waals surface area contributed by atoms with E-state index in [0.717, 1.165) is 12.8 Å². The van der Waals surface area contributed by atoms with Crippen LogP contribution >= 0.6 is 15.9 Å². The van der Waals surface area contributed by atoms with Crippen molar-refractivity contribution < 1.29 is 14.6 Å². The number of hydrogen-bond donors (Lipinski definition) is 1. The quantitative estimate of drug-likeness (QED) is 0.449. The summed E-state index contributed by atoms with van der Waals surface area (Å²) in [4.78, 5) is 10.4. The Balaban J connectivity index is 3.57. The van der Waals surface area contributed by atoms with Crippen molar-refractivity contribution in [3.05, 3.63) is 0 Å². The topological polar surface area (TPSA) is 46.5 Å². The predicted octanol–water partition coefficient (Wildman–Crippen LogP) is 1.47. The monoisotopic (exact) mass is 238 g/mol. The van der Waals surface area contributed by atoms with Gasteiger partial charge in [-0.2, -0.15) is 0 Å². The molecule has 0 aromatic heterocycles. The molecule has 0 saturated carbocycles. The summed E-state index contributed by atoms with van der Waals surface area (Å²) in [7, 11) is 0. The number of esters is 1. The average molecular weight is 239 g/mol. The minimum atomic E-state index is -0.709. The van der Waals surface area contributed by atoms with Crippen LogP contribution in [0.15, 0.2) is 0 Å². The summed E-state index contributed by atoms with van der Waals surface area (Å²) in [6.45, 7) is 4.00. The smallest absolute Gasteiger partial charge is 0.322 e. The van der Waals surface area contributed by atoms with Gasteiger partial charge in [-0.15, -0.1) is 0 Å². The van der Waals surface area contributed by atoms with Gasteiger partial charge in [0, 0.05) is 0 Å². The molecule has 0 bridgehead atoms. The summed E-state index contributed by atoms with van der Waals surface area (Å²) in [5.74, 6) is -0.390. The van der Waals surface area contributed by atoms with Crippen molar-refractivity contribution in [3.8, 4) is 0 Å². The summed E-state index contributed by atoms with van der Waals surface area (Å²) in [6.07, 6.45) is 1.15. The molecule has 0 rings (SSSR count). The van der Waals surface area contributed by atoms with Crippen molar-refractivity contribution in [1.29, 1.82) is 0 Å². The number of carbonyl (C=O) groups excluding carboxylic acids is 1. The van der Waals surface area contributed by atoms with E-state index in [-0.39, 0.29) is 0 Å². The van der Waals surface area contributed by atoms with Gasteiger partial charge in [0.15, 0.2) is 0 Å². The molecule has 0 radical (unpaired) electrons. The van der Waals surface area contributed by atoms with E-state index >= 15 is 0 Å². The first kappa shape index (κ1) is 11.9. The second-order valence-corrected chi connectivity index (χ2v) is 3.65. The first-order chi connectivity index (χ1) is 5.59. The van der Waals surface area contributed by atoms with Gasteiger partial charge >= 0.3 is 5.97 Å². The van der Waals surface area contributed by atoms with E-state index in [2.05, 4.69) is 15.9 Å². The second kappa shape index (κ2) is 6.43. The van der Waals surface area contributed by atoms with Crippen LogP contribution in [0.2, 0.25) is 0 Å². The van der Waals surface area contributed by atoms with Crippen molar-refractivity contribution in [2.24, 2.45) is 0 Å². The van der Waals surface area contributed by atoms with E-state index in [0.29, 0.717) is 6.61 Å². The molecule has 0 aromatic carbocycles. The number of alkyl halides is 1. The molecule has 0 spiro atoms. The van der Waals surface area contributed by atoms with E-state index in [1.165, 1.54) is 0 Å². The summed E-state index contributed by atoms with van der Waals surface area (Å²) in [5, 5.41) is 9.00. The number of rotatable bonds is 5. The third-order valence-corrected chi connectivity index (χ3v) is 2.53. The zero-order valence-corrected chi connectivity index (χ0v) is 9.00. The first-order valence-corrected chi connectivity index (χ1v) is 5.00. The molecule has 0 aromatic rings. The molecule has 0 unspecified atom stereocenters. The summed E-state index contributed by atoms with van der Waals surface area (Å²) < 4.78 is 4.86. The number of ether oxygens (including phenoxy) is 1. The zero-order valence-electron chi connectivity index (χ0n) is 7.42. The van der Waals surface area contributed by atoms with Crippen LogP contribution in [0.3, 0.4) is 0 Å². The van der Waals surface area contributed by atoms with Gasteiger partial charge in [0.1, 0.15) is 4.83 Å². The minimum absolute atomic E-state index is 0.390. The minimum Gasteiger partial charge on any atom is -0.465 e. The van der Waals surface area contributed by atoms with E-state index in [4.69, 9.17) is 9.84 Å². The Labute approximate surface area is 81.2 Å². The maximum atomic E-state index is 11.0. The average Bonchev–Trinajstić information content (AvgIpc) is 2.03. The largest absolute Gasteiger partial charge is 0.465 e. The van der Waals surface area contributed by atoms with Crippen LogP contribution < -0.4 is 0 Å². The normalized spacial score (nSPS) is 15.3. The number of unbranched alkanes of at least 4 members (excludes halogenated alkanes) is 1. The van der Waals surface area contributed by atoms with Crippen LogP contribution in [0.25, 0.3) is 0 Å². The lowest BCUT2D eigenvalue weighted by molar-refractivity contribution is -0.144. The number of carbonyl (C=O) groups is 1. The van der Waals surface area contributed by atoms with Gasteiger partial charge in [-0.3, -0.25) is 4.79 Å². The molecule has 3 nitrogen and oxygen atoms in total. The van der Waals surface area contributed by atoms with Crippen LogP contribution in [-0.4, -0.2) is 28.6 Å². The molecule has 72 valence electrons. The third kappa shape index (κ3) is 4.72. The van der Waals surface area contributed by atoms with Crippen molar-refractivity contribution in [3.63, 3.8) is 0 Å². The molecule has 4 heteroatoms. The van der Waals surface area contributed by atoms with Crippen LogP contribution in [0.1, 0.15) is 26.7 Å². The highest BCUT2D eigenvalue weighted by atomic mass is 79.9. The molecule has 1 N–H and O–H groups in total. The molecular weight excluding hydrogens is 224 g/mol. The van der Waals surface area contributed by atoms with Crippen molar-refractivity contribution in [2.75, 3.05) is 6.61 Å². The lowest BCUT2D eigenvalue weighted by Gasteiger charge is -2.11. The number of aliphatic hydroxyl groups is 1. The van der Waals surface area contributed by atoms with Crippen LogP contribution in [0.4, 0.5) is 0 Å². The fourth-order valence-electron chi connectivity index (χ4n) is 0.594. The van der Waals surface area contributed by atoms with Crippen molar-refractivity contribution in [2.45, 2.75) is 37.6 Å². The van der Waals surface area contributed by atoms with Gasteiger partial charge in [0.2, 0.25) is 0 Å². The highest BCUT2D eigenvalue weighted by Gasteiger charge is 2.21. The van der Waals surface area contributed by atoms with Gasteiger partial charge in [-0.25, -0.2) is 0 Å². The Hall–Kier alpha value is -0.0900. The second-order valence-electron chi connectivity index (χ2n) is 2.66. The van der Waals surface area contributed by atoms with E-state index in [1.807, 2.05) is 6.92 Å². The van der Waals surface area contributed by atoms with E-state index in [9.17, 15) is 4.79 Å². The van der Waals surface area contributed by atoms with Gasteiger partial charge in [0.25, 0.3) is 0 Å². The highest BCUT2D eigenvalue weighted by Crippen LogP contribution is 2.07. The Kier molecular flexibility index (Phi) is 6.38. The predicted molar refractivity (Wildman–Crippen MR) is 50.3 cm³/mol. The first-order valence-electron chi connectivity index (χ1n) is 4.08. The highest BCUT2D eigenvalue weighted by molar-refractivity contribution is 9.10. The summed E-state index contributed by atoms with van der Waals surface area (Å²) in [5.41, 5.74) is 0. The van der Waals surface area contributed by atoms with Crippen LogP contribution in [0, 0.1) is 0 Å². The Bertz CT molecular complexity index is 136. The molecular formula is C8H15BrO3. The van der Waals surface area contributed by atoms with E-state index < -0.39 is 16.9 Å². The number of aliphatic hydroxyl groups excluding tert-OH is 1. The van der Waals surface area contributed by atoms with Crippen molar-refractivity contribution in [1.82, 2.24) is 0 Å². The maximum Gasteiger partial charge on any atom is 0.322 e. The lowest BCUT2D eigenvalue weighted by Crippen LogP contribution is -2.28. The summed E-state index contributed by atoms with van der Waals surface area (Å²) in [6, 6.07) is 0. The number of hydrogen-bond acceptors (Lipinski definition) is 3. The van der Waals surface area contributed by atoms with Gasteiger partial charge in [-0.05, 0) is 13.3 Å². The Morgan fingerprint density at radius 1 is 1.67 bits per heavy atom. The molecule has 0 aliphatic carbocycles. The van der Waals surface area contributed by atoms with Gasteiger partial charge in [-0.1, -0.05) is 29.3 Å². The third-order valence-electron chi connectivity index (χ3n) is 1.39. The number of halogens is 1. The van der Waals surface area contributed by atoms with E-state index in [1.54, 1.807) is 6.92 Å². The maximum absolute atomic E-state index is 11.0. The standard InChI is InChI=1S/C8H15BrO3/c1-3-4-5-12-8(11)7(9)6(2)10/h6-7,10H,3-5H2,1-2H3/t6-,7+/m1/s1. The Morgan fingerprint density at radius 2 is 2.25 bits per heavy atom. The van der Waals surface area contributed by atoms with Crippen molar-refractivity contribution >= 4 is 21.9 Å². The zero-order chi connectivity index (χ0) is 9.56. The van der Waals surface area contributed by atoms with Crippen LogP contribution in [-0.2, 0) is 9.53 Å². The summed E-state index contributed by atoms with van der Waals surface area (Å²) >= 11 is 3.04. The fourth-order valence-corrected chi connectivity index (χ4v) is 0.726. The van der Waals surface area contributed by atoms with Gasteiger partial charge < -0.3 is 9.84 Å². The van der Waals surface area contributed by atoms with Crippen LogP contribution in [0.5, 0.6) is 0 Å². The lowest BCUT2D eigenvalue weighted by atomic mass is 10.3. The molecule has 0 fully saturated rings. The molecule has 0 amide bonds. The molecule has 0 saturated heterocycles. The van der Waals surface area contributed by atoms with Gasteiger partial charge in [0.05, 0.1) is 12.7 Å². The Morgan fingerprint density at radius 3 is 2.67 bits per heavy atom.